The zero-order chi connectivity index (χ0) is 23.2. The molecule has 2 heterocycles. The molecule has 0 saturated heterocycles. The van der Waals surface area contributed by atoms with Crippen molar-refractivity contribution in [2.45, 2.75) is 57.3 Å². The molecule has 1 aromatic rings. The lowest BCUT2D eigenvalue weighted by Gasteiger charge is -2.24. The third-order valence-corrected chi connectivity index (χ3v) is 6.23. The Hall–Kier alpha value is -3.06. The fourth-order valence-electron chi connectivity index (χ4n) is 4.56. The molecule has 7 heteroatoms. The largest absolute Gasteiger partial charge is 0.460 e. The standard InChI is InChI=1S/C26H30O7/c1-17-5-3-2-4-6-19-14-20(27)15-21(19)22(10-12-25(28)32-17)33-26(29)11-8-18-7-9-23-24(13-18)31-16-30-23/h4,6-13,17,19-22,27H,2-3,5,14-16H2,1H3/b6-4+,11-8+,12-10+/t17-,19+,20-,21+,22+/m0/s1. The molecular formula is C26H30O7. The van der Waals surface area contributed by atoms with Gasteiger partial charge in [-0.2, -0.15) is 0 Å². The number of carbonyl (C=O) groups excluding carboxylic acids is 2. The van der Waals surface area contributed by atoms with Crippen LogP contribution in [-0.4, -0.2) is 42.1 Å². The molecule has 0 radical (unpaired) electrons. The summed E-state index contributed by atoms with van der Waals surface area (Å²) in [4.78, 5) is 24.9. The number of aliphatic hydroxyl groups is 1. The van der Waals surface area contributed by atoms with Crippen molar-refractivity contribution in [1.82, 2.24) is 0 Å². The molecule has 1 aromatic carbocycles. The number of benzene rings is 1. The van der Waals surface area contributed by atoms with Gasteiger partial charge in [0.25, 0.3) is 0 Å². The van der Waals surface area contributed by atoms with Crippen LogP contribution in [0.4, 0.5) is 0 Å². The highest BCUT2D eigenvalue weighted by molar-refractivity contribution is 5.87. The highest BCUT2D eigenvalue weighted by atomic mass is 16.7. The van der Waals surface area contributed by atoms with Gasteiger partial charge >= 0.3 is 11.9 Å². The zero-order valence-electron chi connectivity index (χ0n) is 18.7. The highest BCUT2D eigenvalue weighted by Gasteiger charge is 2.38. The maximum atomic E-state index is 12.7. The van der Waals surface area contributed by atoms with Crippen molar-refractivity contribution in [3.05, 3.63) is 54.1 Å². The molecular weight excluding hydrogens is 424 g/mol. The SMILES string of the molecule is C[C@H]1CCC/C=C/[C@@H]2C[C@H](O)C[C@H]2[C@H](OC(=O)/C=C/c2ccc3c(c2)OCO3)/C=C/C(=O)O1. The summed E-state index contributed by atoms with van der Waals surface area (Å²) in [6, 6.07) is 5.40. The van der Waals surface area contributed by atoms with Crippen molar-refractivity contribution >= 4 is 18.0 Å². The third-order valence-electron chi connectivity index (χ3n) is 6.23. The summed E-state index contributed by atoms with van der Waals surface area (Å²) < 4.78 is 21.8. The van der Waals surface area contributed by atoms with Gasteiger partial charge in [-0.1, -0.05) is 18.2 Å². The van der Waals surface area contributed by atoms with E-state index in [0.29, 0.717) is 24.3 Å². The summed E-state index contributed by atoms with van der Waals surface area (Å²) >= 11 is 0. The quantitative estimate of drug-likeness (QED) is 0.420. The lowest BCUT2D eigenvalue weighted by Crippen LogP contribution is -2.27. The smallest absolute Gasteiger partial charge is 0.331 e. The van der Waals surface area contributed by atoms with Crippen LogP contribution < -0.4 is 9.47 Å². The Balaban J connectivity index is 1.49. The van der Waals surface area contributed by atoms with Crippen molar-refractivity contribution < 1.29 is 33.6 Å². The maximum Gasteiger partial charge on any atom is 0.331 e. The zero-order valence-corrected chi connectivity index (χ0v) is 18.7. The van der Waals surface area contributed by atoms with Gasteiger partial charge < -0.3 is 24.1 Å². The van der Waals surface area contributed by atoms with Gasteiger partial charge in [-0.3, -0.25) is 0 Å². The van der Waals surface area contributed by atoms with Crippen LogP contribution in [0.25, 0.3) is 6.08 Å². The average Bonchev–Trinajstić information content (AvgIpc) is 3.40. The molecule has 0 aromatic heterocycles. The number of carbonyl (C=O) groups is 2. The van der Waals surface area contributed by atoms with Crippen molar-refractivity contribution in [3.8, 4) is 11.5 Å². The maximum absolute atomic E-state index is 12.7. The minimum absolute atomic E-state index is 0.0643. The van der Waals surface area contributed by atoms with Crippen LogP contribution in [0.1, 0.15) is 44.6 Å². The normalized spacial score (nSPS) is 31.6. The summed E-state index contributed by atoms with van der Waals surface area (Å²) in [6.45, 7) is 2.06. The van der Waals surface area contributed by atoms with E-state index in [1.54, 1.807) is 24.3 Å². The van der Waals surface area contributed by atoms with E-state index in [1.165, 1.54) is 12.2 Å². The molecule has 33 heavy (non-hydrogen) atoms. The Kier molecular flexibility index (Phi) is 7.50. The van der Waals surface area contributed by atoms with E-state index in [9.17, 15) is 14.7 Å². The third kappa shape index (κ3) is 6.26. The van der Waals surface area contributed by atoms with Crippen LogP contribution in [-0.2, 0) is 19.1 Å². The van der Waals surface area contributed by atoms with Crippen LogP contribution in [0.3, 0.4) is 0 Å². The molecule has 0 spiro atoms. The van der Waals surface area contributed by atoms with Gasteiger partial charge in [-0.25, -0.2) is 9.59 Å². The second kappa shape index (κ2) is 10.7. The minimum atomic E-state index is -0.658. The van der Waals surface area contributed by atoms with Gasteiger partial charge in [-0.05, 0) is 74.8 Å². The summed E-state index contributed by atoms with van der Waals surface area (Å²) in [5, 5.41) is 10.3. The van der Waals surface area contributed by atoms with Crippen LogP contribution in [0, 0.1) is 11.8 Å². The van der Waals surface area contributed by atoms with Gasteiger partial charge in [-0.15, -0.1) is 0 Å². The van der Waals surface area contributed by atoms with Crippen molar-refractivity contribution in [3.63, 3.8) is 0 Å². The van der Waals surface area contributed by atoms with Gasteiger partial charge in [0.05, 0.1) is 12.2 Å². The first kappa shape index (κ1) is 23.1. The second-order valence-corrected chi connectivity index (χ2v) is 8.77. The van der Waals surface area contributed by atoms with Crippen LogP contribution in [0.15, 0.2) is 48.6 Å². The molecule has 0 bridgehead atoms. The first-order valence-corrected chi connectivity index (χ1v) is 11.5. The highest BCUT2D eigenvalue weighted by Crippen LogP contribution is 2.38. The predicted molar refractivity (Wildman–Crippen MR) is 121 cm³/mol. The Bertz CT molecular complexity index is 948. The molecule has 1 saturated carbocycles. The first-order valence-electron chi connectivity index (χ1n) is 11.5. The molecule has 7 nitrogen and oxygen atoms in total. The van der Waals surface area contributed by atoms with E-state index in [0.717, 1.165) is 24.8 Å². The fraction of sp³-hybridized carbons (Fsp3) is 0.462. The van der Waals surface area contributed by atoms with Gasteiger partial charge in [0.1, 0.15) is 6.10 Å². The van der Waals surface area contributed by atoms with Crippen LogP contribution in [0.2, 0.25) is 0 Å². The molecule has 2 aliphatic heterocycles. The Morgan fingerprint density at radius 2 is 2.03 bits per heavy atom. The number of cyclic esters (lactones) is 1. The number of hydrogen-bond acceptors (Lipinski definition) is 7. The second-order valence-electron chi connectivity index (χ2n) is 8.77. The van der Waals surface area contributed by atoms with E-state index >= 15 is 0 Å². The van der Waals surface area contributed by atoms with Gasteiger partial charge in [0, 0.05) is 18.1 Å². The number of hydrogen-bond donors (Lipinski definition) is 1. The summed E-state index contributed by atoms with van der Waals surface area (Å²) in [5.41, 5.74) is 0.774. The number of aliphatic hydroxyl groups excluding tert-OH is 1. The van der Waals surface area contributed by atoms with E-state index in [-0.39, 0.29) is 24.7 Å². The van der Waals surface area contributed by atoms with Crippen LogP contribution >= 0.6 is 0 Å². The number of fused-ring (bicyclic) bond motifs is 2. The summed E-state index contributed by atoms with van der Waals surface area (Å²) in [5.74, 6) is 0.255. The number of ether oxygens (including phenoxy) is 4. The van der Waals surface area contributed by atoms with E-state index < -0.39 is 24.1 Å². The monoisotopic (exact) mass is 454 g/mol. The fourth-order valence-corrected chi connectivity index (χ4v) is 4.56. The minimum Gasteiger partial charge on any atom is -0.460 e. The first-order chi connectivity index (χ1) is 16.0. The molecule has 0 unspecified atom stereocenters. The molecule has 1 aliphatic carbocycles. The summed E-state index contributed by atoms with van der Waals surface area (Å²) in [7, 11) is 0. The average molecular weight is 455 g/mol. The predicted octanol–water partition coefficient (Wildman–Crippen LogP) is 3.96. The molecule has 0 amide bonds. The van der Waals surface area contributed by atoms with Gasteiger partial charge in [0.2, 0.25) is 6.79 Å². The Labute approximate surface area is 193 Å². The van der Waals surface area contributed by atoms with E-state index in [4.69, 9.17) is 18.9 Å². The van der Waals surface area contributed by atoms with E-state index in [2.05, 4.69) is 12.2 Å². The Morgan fingerprint density at radius 3 is 2.91 bits per heavy atom. The topological polar surface area (TPSA) is 91.3 Å². The molecule has 176 valence electrons. The molecule has 1 N–H and O–H groups in total. The number of esters is 2. The van der Waals surface area contributed by atoms with Crippen LogP contribution in [0.5, 0.6) is 11.5 Å². The van der Waals surface area contributed by atoms with Gasteiger partial charge in [0.15, 0.2) is 11.5 Å². The summed E-state index contributed by atoms with van der Waals surface area (Å²) in [6.07, 6.45) is 12.5. The van der Waals surface area contributed by atoms with Crippen molar-refractivity contribution in [1.29, 1.82) is 0 Å². The van der Waals surface area contributed by atoms with E-state index in [1.807, 2.05) is 13.0 Å². The molecule has 1 fully saturated rings. The molecule has 4 rings (SSSR count). The number of rotatable bonds is 3. The number of allylic oxidation sites excluding steroid dienone is 2. The van der Waals surface area contributed by atoms with Crippen molar-refractivity contribution in [2.24, 2.45) is 11.8 Å². The molecule has 5 atom stereocenters. The molecule has 3 aliphatic rings. The van der Waals surface area contributed by atoms with Crippen molar-refractivity contribution in [2.75, 3.05) is 6.79 Å². The lowest BCUT2D eigenvalue weighted by molar-refractivity contribution is -0.145. The lowest BCUT2D eigenvalue weighted by atomic mass is 9.89. The Morgan fingerprint density at radius 1 is 1.18 bits per heavy atom.